The Bertz CT molecular complexity index is 801. The summed E-state index contributed by atoms with van der Waals surface area (Å²) in [5.74, 6) is -0.157. The van der Waals surface area contributed by atoms with Crippen LogP contribution >= 0.6 is 23.2 Å². The molecular weight excluding hydrogens is 315 g/mol. The maximum absolute atomic E-state index is 9.83. The van der Waals surface area contributed by atoms with Crippen LogP contribution in [0.1, 0.15) is 29.0 Å². The quantitative estimate of drug-likeness (QED) is 0.778. The maximum atomic E-state index is 9.83. The van der Waals surface area contributed by atoms with Gasteiger partial charge in [-0.3, -0.25) is 0 Å². The number of rotatable bonds is 2. The minimum Gasteiger partial charge on any atom is -0.196 e. The third-order valence-corrected chi connectivity index (χ3v) is 5.12. The fourth-order valence-electron chi connectivity index (χ4n) is 3.26. The van der Waals surface area contributed by atoms with E-state index in [1.807, 2.05) is 18.2 Å². The van der Waals surface area contributed by atoms with Crippen LogP contribution in [0.5, 0.6) is 0 Å². The summed E-state index contributed by atoms with van der Waals surface area (Å²) >= 11 is 12.1. The number of hydrogen-bond donors (Lipinski definition) is 0. The van der Waals surface area contributed by atoms with E-state index in [0.717, 1.165) is 18.4 Å². The van der Waals surface area contributed by atoms with E-state index in [2.05, 4.69) is 18.2 Å². The van der Waals surface area contributed by atoms with Gasteiger partial charge in [-0.05, 0) is 41.7 Å². The highest BCUT2D eigenvalue weighted by atomic mass is 35.5. The molecule has 0 aromatic heterocycles. The van der Waals surface area contributed by atoms with E-state index in [-0.39, 0.29) is 5.92 Å². The van der Waals surface area contributed by atoms with Gasteiger partial charge < -0.3 is 0 Å². The number of aryl methyl sites for hydroxylation is 1. The molecule has 0 saturated carbocycles. The van der Waals surface area contributed by atoms with Gasteiger partial charge in [0.1, 0.15) is 0 Å². The van der Waals surface area contributed by atoms with E-state index in [9.17, 15) is 10.5 Å². The normalized spacial score (nSPS) is 16.6. The van der Waals surface area contributed by atoms with Gasteiger partial charge in [-0.2, -0.15) is 10.5 Å². The number of fused-ring (bicyclic) bond motifs is 1. The Kier molecular flexibility index (Phi) is 3.83. The minimum absolute atomic E-state index is 0.157. The summed E-state index contributed by atoms with van der Waals surface area (Å²) in [6.45, 7) is 0. The smallest absolute Gasteiger partial charge is 0.175 e. The van der Waals surface area contributed by atoms with E-state index in [4.69, 9.17) is 23.2 Å². The van der Waals surface area contributed by atoms with E-state index in [1.54, 1.807) is 18.2 Å². The summed E-state index contributed by atoms with van der Waals surface area (Å²) in [6, 6.07) is 17.5. The highest BCUT2D eigenvalue weighted by Crippen LogP contribution is 2.47. The second kappa shape index (κ2) is 5.65. The zero-order valence-corrected chi connectivity index (χ0v) is 13.2. The summed E-state index contributed by atoms with van der Waals surface area (Å²) < 4.78 is 0. The van der Waals surface area contributed by atoms with Gasteiger partial charge in [0.25, 0.3) is 0 Å². The second-order valence-corrected chi connectivity index (χ2v) is 6.26. The molecule has 108 valence electrons. The number of hydrogen-bond acceptors (Lipinski definition) is 2. The largest absolute Gasteiger partial charge is 0.196 e. The summed E-state index contributed by atoms with van der Waals surface area (Å²) in [4.78, 5) is 0. The topological polar surface area (TPSA) is 47.6 Å². The molecule has 3 rings (SSSR count). The Hall–Kier alpha value is -2.00. The molecule has 0 amide bonds. The average molecular weight is 327 g/mol. The van der Waals surface area contributed by atoms with Crippen LogP contribution in [0, 0.1) is 22.7 Å². The van der Waals surface area contributed by atoms with E-state index in [1.165, 1.54) is 5.56 Å². The van der Waals surface area contributed by atoms with Crippen molar-refractivity contribution in [3.05, 3.63) is 69.2 Å². The van der Waals surface area contributed by atoms with Crippen LogP contribution in [0.4, 0.5) is 0 Å². The lowest BCUT2D eigenvalue weighted by atomic mass is 9.70. The zero-order valence-electron chi connectivity index (χ0n) is 11.7. The Morgan fingerprint density at radius 1 is 1.00 bits per heavy atom. The third-order valence-electron chi connectivity index (χ3n) is 4.38. The molecule has 0 bridgehead atoms. The highest BCUT2D eigenvalue weighted by Gasteiger charge is 2.45. The van der Waals surface area contributed by atoms with Crippen molar-refractivity contribution in [2.75, 3.05) is 0 Å². The van der Waals surface area contributed by atoms with Crippen LogP contribution < -0.4 is 0 Å². The van der Waals surface area contributed by atoms with Crippen LogP contribution in [0.3, 0.4) is 0 Å². The van der Waals surface area contributed by atoms with Crippen LogP contribution in [0.25, 0.3) is 0 Å². The second-order valence-electron chi connectivity index (χ2n) is 5.45. The molecule has 1 unspecified atom stereocenters. The maximum Gasteiger partial charge on any atom is 0.175 e. The zero-order chi connectivity index (χ0) is 15.7. The molecule has 0 N–H and O–H groups in total. The van der Waals surface area contributed by atoms with Crippen molar-refractivity contribution in [3.63, 3.8) is 0 Å². The van der Waals surface area contributed by atoms with Gasteiger partial charge in [-0.15, -0.1) is 0 Å². The number of halogens is 2. The molecule has 4 heteroatoms. The molecule has 2 nitrogen and oxygen atoms in total. The fraction of sp³-hybridized carbons (Fsp3) is 0.222. The molecule has 2 aromatic rings. The van der Waals surface area contributed by atoms with Gasteiger partial charge >= 0.3 is 0 Å². The molecule has 2 aromatic carbocycles. The number of benzene rings is 2. The van der Waals surface area contributed by atoms with E-state index < -0.39 is 5.41 Å². The predicted molar refractivity (Wildman–Crippen MR) is 86.9 cm³/mol. The summed E-state index contributed by atoms with van der Waals surface area (Å²) in [5, 5.41) is 20.4. The van der Waals surface area contributed by atoms with Gasteiger partial charge in [-0.1, -0.05) is 53.5 Å². The van der Waals surface area contributed by atoms with Gasteiger partial charge in [0, 0.05) is 5.92 Å². The fourth-order valence-corrected chi connectivity index (χ4v) is 3.56. The molecule has 22 heavy (non-hydrogen) atoms. The van der Waals surface area contributed by atoms with Crippen molar-refractivity contribution < 1.29 is 0 Å². The van der Waals surface area contributed by atoms with Crippen LogP contribution in [-0.4, -0.2) is 0 Å². The third kappa shape index (κ3) is 2.17. The average Bonchev–Trinajstić information content (AvgIpc) is 2.97. The predicted octanol–water partition coefficient (Wildman–Crippen LogP) is 5.01. The monoisotopic (exact) mass is 326 g/mol. The Morgan fingerprint density at radius 2 is 1.73 bits per heavy atom. The SMILES string of the molecule is N#CC(C#N)(c1ccc(Cl)c(Cl)c1)C1CCc2ccccc21. The molecule has 0 aliphatic heterocycles. The summed E-state index contributed by atoms with van der Waals surface area (Å²) in [5.41, 5.74) is 1.65. The van der Waals surface area contributed by atoms with Gasteiger partial charge in [-0.25, -0.2) is 0 Å². The van der Waals surface area contributed by atoms with Gasteiger partial charge in [0.2, 0.25) is 0 Å². The molecule has 0 radical (unpaired) electrons. The highest BCUT2D eigenvalue weighted by molar-refractivity contribution is 6.42. The Labute approximate surface area is 139 Å². The number of nitriles is 2. The van der Waals surface area contributed by atoms with Gasteiger partial charge in [0.05, 0.1) is 22.2 Å². The van der Waals surface area contributed by atoms with Gasteiger partial charge in [0.15, 0.2) is 5.41 Å². The molecule has 1 aliphatic rings. The van der Waals surface area contributed by atoms with E-state index >= 15 is 0 Å². The van der Waals surface area contributed by atoms with E-state index in [0.29, 0.717) is 15.6 Å². The Balaban J connectivity index is 2.17. The first-order chi connectivity index (χ1) is 10.6. The number of nitrogens with zero attached hydrogens (tertiary/aromatic N) is 2. The molecule has 1 atom stereocenters. The van der Waals surface area contributed by atoms with Crippen molar-refractivity contribution in [1.82, 2.24) is 0 Å². The molecule has 0 heterocycles. The van der Waals surface area contributed by atoms with Crippen LogP contribution in [0.2, 0.25) is 10.0 Å². The van der Waals surface area contributed by atoms with Crippen molar-refractivity contribution in [1.29, 1.82) is 10.5 Å². The molecule has 0 spiro atoms. The lowest BCUT2D eigenvalue weighted by Crippen LogP contribution is -2.29. The standard InChI is InChI=1S/C18H12Cl2N2/c19-16-8-6-13(9-17(16)20)18(10-21,11-22)15-7-5-12-3-1-2-4-14(12)15/h1-4,6,8-9,15H,5,7H2. The van der Waals surface area contributed by atoms with Crippen molar-refractivity contribution in [3.8, 4) is 12.1 Å². The molecule has 0 fully saturated rings. The first-order valence-electron chi connectivity index (χ1n) is 6.98. The van der Waals surface area contributed by atoms with Crippen LogP contribution in [0.15, 0.2) is 42.5 Å². The minimum atomic E-state index is -1.25. The van der Waals surface area contributed by atoms with Crippen LogP contribution in [-0.2, 0) is 11.8 Å². The first-order valence-corrected chi connectivity index (χ1v) is 7.74. The lowest BCUT2D eigenvalue weighted by Gasteiger charge is -2.27. The lowest BCUT2D eigenvalue weighted by molar-refractivity contribution is 0.528. The first kappa shape index (κ1) is 14.9. The van der Waals surface area contributed by atoms with Crippen molar-refractivity contribution in [2.45, 2.75) is 24.2 Å². The summed E-state index contributed by atoms with van der Waals surface area (Å²) in [6.07, 6.45) is 1.66. The van der Waals surface area contributed by atoms with Crippen molar-refractivity contribution >= 4 is 23.2 Å². The molecule has 1 aliphatic carbocycles. The summed E-state index contributed by atoms with van der Waals surface area (Å²) in [7, 11) is 0. The van der Waals surface area contributed by atoms with Crippen molar-refractivity contribution in [2.24, 2.45) is 0 Å². The Morgan fingerprint density at radius 3 is 2.41 bits per heavy atom. The molecular formula is C18H12Cl2N2. The molecule has 0 saturated heterocycles.